The molecule has 0 atom stereocenters. The smallest absolute Gasteiger partial charge is 0.259 e. The molecule has 2 heterocycles. The largest absolute Gasteiger partial charge is 0.366 e. The molecule has 4 rings (SSSR count). The van der Waals surface area contributed by atoms with Crippen molar-refractivity contribution >= 4 is 39.8 Å². The van der Waals surface area contributed by atoms with Crippen LogP contribution >= 0.6 is 22.9 Å². The Hall–Kier alpha value is -3.29. The number of benzene rings is 2. The van der Waals surface area contributed by atoms with Gasteiger partial charge in [-0.3, -0.25) is 10.1 Å². The molecule has 0 fully saturated rings. The summed E-state index contributed by atoms with van der Waals surface area (Å²) in [6.45, 7) is 0.599. The van der Waals surface area contributed by atoms with Crippen LogP contribution in [0.1, 0.15) is 15.9 Å². The molecule has 0 aliphatic rings. The number of nitrogens with zero attached hydrogens (tertiary/aromatic N) is 3. The fraction of sp³-hybridized carbons (Fsp3) is 0.0476. The van der Waals surface area contributed by atoms with E-state index in [4.69, 9.17) is 11.6 Å². The summed E-state index contributed by atoms with van der Waals surface area (Å²) in [6.07, 6.45) is 1.53. The van der Waals surface area contributed by atoms with Gasteiger partial charge in [0, 0.05) is 17.8 Å². The van der Waals surface area contributed by atoms with Crippen LogP contribution in [0.4, 0.5) is 10.9 Å². The number of hydrogen-bond acceptors (Lipinski definition) is 6. The quantitative estimate of drug-likeness (QED) is 0.451. The van der Waals surface area contributed by atoms with E-state index in [2.05, 4.69) is 37.9 Å². The topological polar surface area (TPSA) is 79.8 Å². The molecule has 0 unspecified atom stereocenters. The van der Waals surface area contributed by atoms with Crippen molar-refractivity contribution in [3.8, 4) is 11.1 Å². The lowest BCUT2D eigenvalue weighted by Gasteiger charge is -2.12. The second kappa shape index (κ2) is 8.81. The van der Waals surface area contributed by atoms with Crippen LogP contribution < -0.4 is 10.6 Å². The number of aromatic nitrogens is 3. The molecule has 8 heteroatoms. The zero-order valence-corrected chi connectivity index (χ0v) is 16.7. The molecule has 2 aromatic carbocycles. The summed E-state index contributed by atoms with van der Waals surface area (Å²) in [5, 5.41) is 14.6. The molecule has 1 amide bonds. The van der Waals surface area contributed by atoms with E-state index >= 15 is 0 Å². The Morgan fingerprint density at radius 2 is 1.86 bits per heavy atom. The Labute approximate surface area is 176 Å². The number of carbonyl (C=O) groups is 1. The summed E-state index contributed by atoms with van der Waals surface area (Å²) >= 11 is 7.26. The summed E-state index contributed by atoms with van der Waals surface area (Å²) in [5.74, 6) is 0.414. The van der Waals surface area contributed by atoms with Crippen LogP contribution in [0.3, 0.4) is 0 Å². The molecule has 144 valence electrons. The van der Waals surface area contributed by atoms with Crippen LogP contribution in [0.25, 0.3) is 11.1 Å². The van der Waals surface area contributed by atoms with E-state index in [1.807, 2.05) is 36.4 Å². The summed E-state index contributed by atoms with van der Waals surface area (Å²) in [4.78, 5) is 16.5. The summed E-state index contributed by atoms with van der Waals surface area (Å²) < 4.78 is 0. The fourth-order valence-electron chi connectivity index (χ4n) is 2.80. The number of pyridine rings is 1. The highest BCUT2D eigenvalue weighted by molar-refractivity contribution is 7.13. The predicted octanol–water partition coefficient (Wildman–Crippen LogP) is 5.12. The van der Waals surface area contributed by atoms with E-state index in [1.54, 1.807) is 17.6 Å². The highest BCUT2D eigenvalue weighted by atomic mass is 35.5. The highest BCUT2D eigenvalue weighted by Gasteiger charge is 2.09. The number of amides is 1. The van der Waals surface area contributed by atoms with Gasteiger partial charge in [0.15, 0.2) is 0 Å². The average molecular weight is 422 g/mol. The summed E-state index contributed by atoms with van der Waals surface area (Å²) in [5.41, 5.74) is 5.37. The Morgan fingerprint density at radius 3 is 2.59 bits per heavy atom. The van der Waals surface area contributed by atoms with Crippen molar-refractivity contribution in [2.45, 2.75) is 6.54 Å². The molecule has 4 aromatic rings. The van der Waals surface area contributed by atoms with Gasteiger partial charge in [0.05, 0.1) is 5.56 Å². The Bertz CT molecular complexity index is 1100. The third-order valence-electron chi connectivity index (χ3n) is 4.24. The maximum atomic E-state index is 12.2. The van der Waals surface area contributed by atoms with Gasteiger partial charge in [-0.2, -0.15) is 0 Å². The van der Waals surface area contributed by atoms with E-state index in [9.17, 15) is 4.79 Å². The number of nitrogens with one attached hydrogen (secondary N) is 2. The Balaban J connectivity index is 1.43. The van der Waals surface area contributed by atoms with Gasteiger partial charge in [-0.15, -0.1) is 10.2 Å². The van der Waals surface area contributed by atoms with Crippen molar-refractivity contribution in [1.82, 2.24) is 15.2 Å². The van der Waals surface area contributed by atoms with Crippen molar-refractivity contribution in [3.05, 3.63) is 88.5 Å². The summed E-state index contributed by atoms with van der Waals surface area (Å²) in [7, 11) is 0. The minimum Gasteiger partial charge on any atom is -0.366 e. The highest BCUT2D eigenvalue weighted by Crippen LogP contribution is 2.25. The zero-order valence-electron chi connectivity index (χ0n) is 15.2. The lowest BCUT2D eigenvalue weighted by Crippen LogP contribution is -2.12. The first-order chi connectivity index (χ1) is 14.2. The van der Waals surface area contributed by atoms with Crippen LogP contribution in [0, 0.1) is 0 Å². The van der Waals surface area contributed by atoms with Crippen molar-refractivity contribution in [2.75, 3.05) is 10.6 Å². The minimum atomic E-state index is -0.270. The number of halogens is 1. The lowest BCUT2D eigenvalue weighted by atomic mass is 10.00. The predicted molar refractivity (Wildman–Crippen MR) is 116 cm³/mol. The molecule has 2 N–H and O–H groups in total. The molecule has 2 aromatic heterocycles. The zero-order chi connectivity index (χ0) is 20.1. The Kier molecular flexibility index (Phi) is 5.79. The Morgan fingerprint density at radius 1 is 1.03 bits per heavy atom. The molecule has 0 spiro atoms. The SMILES string of the molecule is O=C(Nc1nncs1)c1ccc(NCc2ccccc2-c2ccc(Cl)cc2)nc1. The molecule has 0 aliphatic carbocycles. The van der Waals surface area contributed by atoms with Gasteiger partial charge in [0.25, 0.3) is 5.91 Å². The van der Waals surface area contributed by atoms with E-state index in [1.165, 1.54) is 17.5 Å². The maximum Gasteiger partial charge on any atom is 0.259 e. The molecule has 0 radical (unpaired) electrons. The van der Waals surface area contributed by atoms with Gasteiger partial charge in [0.1, 0.15) is 11.3 Å². The number of hydrogen-bond donors (Lipinski definition) is 2. The molecule has 29 heavy (non-hydrogen) atoms. The van der Waals surface area contributed by atoms with Crippen LogP contribution in [0.15, 0.2) is 72.4 Å². The summed E-state index contributed by atoms with van der Waals surface area (Å²) in [6, 6.07) is 19.4. The third kappa shape index (κ3) is 4.77. The van der Waals surface area contributed by atoms with E-state index in [0.29, 0.717) is 28.1 Å². The van der Waals surface area contributed by atoms with Crippen LogP contribution in [0.2, 0.25) is 5.02 Å². The van der Waals surface area contributed by atoms with E-state index in [0.717, 1.165) is 16.7 Å². The van der Waals surface area contributed by atoms with Gasteiger partial charge in [-0.1, -0.05) is 59.3 Å². The molecule has 0 saturated carbocycles. The first kappa shape index (κ1) is 19.0. The van der Waals surface area contributed by atoms with Gasteiger partial charge >= 0.3 is 0 Å². The van der Waals surface area contributed by atoms with Crippen molar-refractivity contribution in [3.63, 3.8) is 0 Å². The first-order valence-corrected chi connectivity index (χ1v) is 10.1. The maximum absolute atomic E-state index is 12.2. The second-order valence-corrected chi connectivity index (χ2v) is 7.42. The normalized spacial score (nSPS) is 10.5. The average Bonchev–Trinajstić information content (AvgIpc) is 3.26. The van der Waals surface area contributed by atoms with E-state index < -0.39 is 0 Å². The molecule has 0 saturated heterocycles. The van der Waals surface area contributed by atoms with Gasteiger partial charge in [-0.05, 0) is 41.0 Å². The van der Waals surface area contributed by atoms with Crippen LogP contribution in [0.5, 0.6) is 0 Å². The molecule has 6 nitrogen and oxygen atoms in total. The van der Waals surface area contributed by atoms with Crippen molar-refractivity contribution in [2.24, 2.45) is 0 Å². The van der Waals surface area contributed by atoms with Gasteiger partial charge < -0.3 is 5.32 Å². The van der Waals surface area contributed by atoms with Crippen LogP contribution in [-0.2, 0) is 6.54 Å². The number of anilines is 2. The van der Waals surface area contributed by atoms with Gasteiger partial charge in [-0.25, -0.2) is 4.98 Å². The van der Waals surface area contributed by atoms with Crippen LogP contribution in [-0.4, -0.2) is 21.1 Å². The first-order valence-electron chi connectivity index (χ1n) is 8.80. The number of rotatable bonds is 6. The number of carbonyl (C=O) groups excluding carboxylic acids is 1. The molecule has 0 bridgehead atoms. The minimum absolute atomic E-state index is 0.270. The lowest BCUT2D eigenvalue weighted by molar-refractivity contribution is 0.102. The molecular weight excluding hydrogens is 406 g/mol. The molecular formula is C21H16ClN5OS. The van der Waals surface area contributed by atoms with Gasteiger partial charge in [0.2, 0.25) is 5.13 Å². The second-order valence-electron chi connectivity index (χ2n) is 6.15. The monoisotopic (exact) mass is 421 g/mol. The van der Waals surface area contributed by atoms with Crippen molar-refractivity contribution in [1.29, 1.82) is 0 Å². The van der Waals surface area contributed by atoms with Crippen molar-refractivity contribution < 1.29 is 4.79 Å². The standard InChI is InChI=1S/C21H16ClN5OS/c22-17-8-5-14(6-9-17)18-4-2-1-3-15(18)11-23-19-10-7-16(12-24-19)20(28)26-21-27-25-13-29-21/h1-10,12-13H,11H2,(H,23,24)(H,26,27,28). The fourth-order valence-corrected chi connectivity index (χ4v) is 3.37. The third-order valence-corrected chi connectivity index (χ3v) is 5.10. The van der Waals surface area contributed by atoms with E-state index in [-0.39, 0.29) is 5.91 Å². The molecule has 0 aliphatic heterocycles.